The maximum atomic E-state index is 14.0. The largest absolute Gasteiger partial charge is 0.481 e. The van der Waals surface area contributed by atoms with Gasteiger partial charge in [-0.3, -0.25) is 29.1 Å². The fourth-order valence-electron chi connectivity index (χ4n) is 7.42. The molecule has 0 unspecified atom stereocenters. The highest BCUT2D eigenvalue weighted by molar-refractivity contribution is 6.39. The van der Waals surface area contributed by atoms with E-state index in [1.165, 1.54) is 0 Å². The second-order valence-electron chi connectivity index (χ2n) is 13.9. The lowest BCUT2D eigenvalue weighted by Crippen LogP contribution is -2.52. The summed E-state index contributed by atoms with van der Waals surface area (Å²) in [5.41, 5.74) is 4.07. The number of carbonyl (C=O) groups excluding carboxylic acids is 1. The molecule has 2 saturated heterocycles. The zero-order valence-electron chi connectivity index (χ0n) is 28.7. The van der Waals surface area contributed by atoms with Crippen LogP contribution in [0.2, 0.25) is 10.0 Å². The SMILES string of the molecule is O=C(Nc1cccc(-c2cccc(Nc3nc(C(F)F)nc4cc(CN5CC[C@@H](O)C5)cnc34)c2Cl)c1Cl)c1cc2n(n1)CCC[C@@H]2N1CC(C(=O)O)C1. The third-order valence-electron chi connectivity index (χ3n) is 10.2. The Kier molecular flexibility index (Phi) is 9.91. The number of aliphatic hydroxyl groups is 1. The lowest BCUT2D eigenvalue weighted by molar-refractivity contribution is -0.149. The molecule has 0 saturated carbocycles. The van der Waals surface area contributed by atoms with Gasteiger partial charge in [-0.15, -0.1) is 0 Å². The van der Waals surface area contributed by atoms with Gasteiger partial charge in [0, 0.05) is 56.6 Å². The highest BCUT2D eigenvalue weighted by Gasteiger charge is 2.39. The summed E-state index contributed by atoms with van der Waals surface area (Å²) in [7, 11) is 0. The molecule has 13 nitrogen and oxygen atoms in total. The Morgan fingerprint density at radius 1 is 0.963 bits per heavy atom. The van der Waals surface area contributed by atoms with Gasteiger partial charge in [0.1, 0.15) is 5.52 Å². The van der Waals surface area contributed by atoms with Crippen molar-refractivity contribution in [3.8, 4) is 11.1 Å². The van der Waals surface area contributed by atoms with Gasteiger partial charge < -0.3 is 20.8 Å². The Labute approximate surface area is 317 Å². The molecule has 1 amide bonds. The normalized spacial score (nSPS) is 19.2. The summed E-state index contributed by atoms with van der Waals surface area (Å²) >= 11 is 13.9. The first-order valence-corrected chi connectivity index (χ1v) is 18.3. The van der Waals surface area contributed by atoms with E-state index in [2.05, 4.69) is 40.5 Å². The van der Waals surface area contributed by atoms with Crippen LogP contribution in [0.3, 0.4) is 0 Å². The number of β-amino-alcohol motifs (C(OH)–C–C–N with tert-alkyl or cyclic N) is 1. The quantitative estimate of drug-likeness (QED) is 0.122. The second-order valence-corrected chi connectivity index (χ2v) is 14.6. The van der Waals surface area contributed by atoms with Crippen LogP contribution < -0.4 is 10.6 Å². The van der Waals surface area contributed by atoms with E-state index in [1.807, 2.05) is 4.68 Å². The van der Waals surface area contributed by atoms with Gasteiger partial charge in [-0.05, 0) is 49.1 Å². The predicted octanol–water partition coefficient (Wildman–Crippen LogP) is 6.55. The van der Waals surface area contributed by atoms with Crippen molar-refractivity contribution in [2.24, 2.45) is 5.92 Å². The molecular weight excluding hydrogens is 743 g/mol. The van der Waals surface area contributed by atoms with Crippen molar-refractivity contribution >= 4 is 63.3 Å². The lowest BCUT2D eigenvalue weighted by Gasteiger charge is -2.43. The molecule has 17 heteroatoms. The number of anilines is 3. The number of fused-ring (bicyclic) bond motifs is 2. The molecule has 2 aromatic carbocycles. The van der Waals surface area contributed by atoms with E-state index in [4.69, 9.17) is 23.2 Å². The van der Waals surface area contributed by atoms with Gasteiger partial charge in [-0.25, -0.2) is 18.7 Å². The van der Waals surface area contributed by atoms with Crippen molar-refractivity contribution in [2.75, 3.05) is 36.8 Å². The highest BCUT2D eigenvalue weighted by Crippen LogP contribution is 2.42. The fraction of sp³-hybridized carbons (Fsp3) is 0.351. The summed E-state index contributed by atoms with van der Waals surface area (Å²) in [5.74, 6) is -2.26. The van der Waals surface area contributed by atoms with Gasteiger partial charge in [0.05, 0.1) is 50.7 Å². The minimum absolute atomic E-state index is 0.00970. The zero-order chi connectivity index (χ0) is 37.7. The van der Waals surface area contributed by atoms with E-state index in [1.54, 1.807) is 54.7 Å². The van der Waals surface area contributed by atoms with Gasteiger partial charge in [-0.2, -0.15) is 5.10 Å². The maximum absolute atomic E-state index is 14.0. The van der Waals surface area contributed by atoms with Gasteiger partial charge >= 0.3 is 5.97 Å². The van der Waals surface area contributed by atoms with Crippen molar-refractivity contribution in [1.82, 2.24) is 34.5 Å². The Balaban J connectivity index is 1.03. The number of hydrogen-bond donors (Lipinski definition) is 4. The number of carbonyl (C=O) groups is 2. The van der Waals surface area contributed by atoms with Crippen molar-refractivity contribution in [2.45, 2.75) is 50.9 Å². The Morgan fingerprint density at radius 3 is 2.41 bits per heavy atom. The van der Waals surface area contributed by atoms with Crippen LogP contribution in [-0.4, -0.2) is 88.9 Å². The molecule has 54 heavy (non-hydrogen) atoms. The first-order chi connectivity index (χ1) is 26.0. The number of carboxylic acids is 1. The molecule has 280 valence electrons. The molecule has 3 aromatic heterocycles. The molecule has 5 aromatic rings. The average Bonchev–Trinajstić information content (AvgIpc) is 3.75. The van der Waals surface area contributed by atoms with E-state index in [9.17, 15) is 28.6 Å². The molecule has 0 bridgehead atoms. The number of aliphatic hydroxyl groups excluding tert-OH is 1. The first-order valence-electron chi connectivity index (χ1n) is 17.6. The van der Waals surface area contributed by atoms with Crippen LogP contribution in [-0.2, 0) is 17.9 Å². The number of hydrogen-bond acceptors (Lipinski definition) is 10. The van der Waals surface area contributed by atoms with E-state index in [0.717, 1.165) is 30.6 Å². The number of aromatic nitrogens is 5. The molecule has 2 atom stereocenters. The molecule has 0 aliphatic carbocycles. The summed E-state index contributed by atoms with van der Waals surface area (Å²) < 4.78 is 29.8. The van der Waals surface area contributed by atoms with Crippen LogP contribution in [0.5, 0.6) is 0 Å². The molecule has 4 N–H and O–H groups in total. The molecule has 8 rings (SSSR count). The second kappa shape index (κ2) is 14.8. The number of aryl methyl sites for hydroxylation is 1. The van der Waals surface area contributed by atoms with Crippen LogP contribution in [0, 0.1) is 5.92 Å². The number of likely N-dealkylation sites (tertiary alicyclic amines) is 2. The minimum Gasteiger partial charge on any atom is -0.481 e. The summed E-state index contributed by atoms with van der Waals surface area (Å²) in [5, 5.41) is 30.2. The summed E-state index contributed by atoms with van der Waals surface area (Å²) in [6.45, 7) is 3.32. The molecule has 0 spiro atoms. The first kappa shape index (κ1) is 36.2. The van der Waals surface area contributed by atoms with Crippen molar-refractivity contribution in [1.29, 1.82) is 0 Å². The van der Waals surface area contributed by atoms with E-state index in [-0.39, 0.29) is 44.6 Å². The number of nitrogens with one attached hydrogen (secondary N) is 2. The summed E-state index contributed by atoms with van der Waals surface area (Å²) in [6.07, 6.45) is 0.692. The van der Waals surface area contributed by atoms with Crippen LogP contribution >= 0.6 is 23.2 Å². The number of benzene rings is 2. The van der Waals surface area contributed by atoms with E-state index in [0.29, 0.717) is 61.6 Å². The smallest absolute Gasteiger partial charge is 0.309 e. The number of aliphatic carboxylic acids is 1. The zero-order valence-corrected chi connectivity index (χ0v) is 30.2. The number of amides is 1. The van der Waals surface area contributed by atoms with Crippen molar-refractivity contribution < 1.29 is 28.6 Å². The number of rotatable bonds is 10. The topological polar surface area (TPSA) is 162 Å². The van der Waals surface area contributed by atoms with Crippen LogP contribution in [0.4, 0.5) is 26.0 Å². The molecule has 0 radical (unpaired) electrons. The van der Waals surface area contributed by atoms with Crippen LogP contribution in [0.15, 0.2) is 54.7 Å². The van der Waals surface area contributed by atoms with Gasteiger partial charge in [0.2, 0.25) is 0 Å². The van der Waals surface area contributed by atoms with Gasteiger partial charge in [0.15, 0.2) is 17.3 Å². The predicted molar refractivity (Wildman–Crippen MR) is 198 cm³/mol. The van der Waals surface area contributed by atoms with Crippen LogP contribution in [0.25, 0.3) is 22.2 Å². The number of alkyl halides is 2. The molecule has 6 heterocycles. The average molecular weight is 779 g/mol. The Morgan fingerprint density at radius 2 is 1.70 bits per heavy atom. The number of carboxylic acid groups (broad SMARTS) is 1. The Bertz CT molecular complexity index is 2270. The molecule has 3 aliphatic rings. The third-order valence-corrected chi connectivity index (χ3v) is 11.0. The monoisotopic (exact) mass is 777 g/mol. The van der Waals surface area contributed by atoms with E-state index >= 15 is 0 Å². The van der Waals surface area contributed by atoms with Gasteiger partial charge in [-0.1, -0.05) is 47.5 Å². The van der Waals surface area contributed by atoms with Crippen LogP contribution in [0.1, 0.15) is 59.3 Å². The highest BCUT2D eigenvalue weighted by atomic mass is 35.5. The minimum atomic E-state index is -2.94. The number of nitrogens with zero attached hydrogens (tertiary/aromatic N) is 7. The van der Waals surface area contributed by atoms with Crippen molar-refractivity contribution in [3.63, 3.8) is 0 Å². The fourth-order valence-corrected chi connectivity index (χ4v) is 7.97. The number of pyridine rings is 1. The van der Waals surface area contributed by atoms with E-state index < -0.39 is 30.2 Å². The maximum Gasteiger partial charge on any atom is 0.309 e. The number of halogens is 4. The third kappa shape index (κ3) is 7.09. The molecular formula is C37H35Cl2F2N9O4. The molecule has 2 fully saturated rings. The Hall–Kier alpha value is -4.80. The summed E-state index contributed by atoms with van der Waals surface area (Å²) in [4.78, 5) is 41.7. The summed E-state index contributed by atoms with van der Waals surface area (Å²) in [6, 6.07) is 13.7. The lowest BCUT2D eigenvalue weighted by atomic mass is 9.93. The molecule has 3 aliphatic heterocycles. The standard InChI is InChI=1S/C37H35Cl2F2N9O4/c38-30-22(4-1-6-24(30)43-34-32-26(44-35(46-34)33(40)41)12-19(14-42-32)15-48-11-9-21(51)18-48)23-5-2-7-25(31(23)39)45-36(52)27-13-29-28(8-3-10-50(29)47-27)49-16-20(17-49)37(53)54/h1-2,4-7,12-14,20-21,28,33,51H,3,8-11,15-18H2,(H,45,52)(H,53,54)(H,43,44,46)/t21-,28+/m1/s1. The van der Waals surface area contributed by atoms with Crippen molar-refractivity contribution in [3.05, 3.63) is 87.5 Å². The van der Waals surface area contributed by atoms with Gasteiger partial charge in [0.25, 0.3) is 12.3 Å².